The molecule has 20 heavy (non-hydrogen) atoms. The molecular weight excluding hydrogens is 269 g/mol. The predicted molar refractivity (Wildman–Crippen MR) is 70.2 cm³/mol. The Kier molecular flexibility index (Phi) is 2.90. The Bertz CT molecular complexity index is 680. The molecule has 9 heteroatoms. The van der Waals surface area contributed by atoms with Crippen molar-refractivity contribution in [3.8, 4) is 0 Å². The molecule has 1 saturated heterocycles. The molecule has 0 spiro atoms. The molecule has 0 saturated carbocycles. The molecule has 8 nitrogen and oxygen atoms in total. The lowest BCUT2D eigenvalue weighted by atomic mass is 10.1. The molecule has 2 heterocycles. The van der Waals surface area contributed by atoms with Crippen molar-refractivity contribution >= 4 is 28.1 Å². The van der Waals surface area contributed by atoms with Crippen molar-refractivity contribution in [2.75, 3.05) is 36.9 Å². The zero-order chi connectivity index (χ0) is 14.3. The molecule has 106 valence electrons. The van der Waals surface area contributed by atoms with Gasteiger partial charge in [0.25, 0.3) is 5.69 Å². The fraction of sp³-hybridized carbons (Fsp3) is 0.364. The van der Waals surface area contributed by atoms with Crippen LogP contribution in [0.1, 0.15) is 0 Å². The summed E-state index contributed by atoms with van der Waals surface area (Å²) >= 11 is 0. The molecule has 1 aromatic heterocycles. The second kappa shape index (κ2) is 4.60. The molecule has 2 aromatic rings. The van der Waals surface area contributed by atoms with Gasteiger partial charge in [-0.15, -0.1) is 0 Å². The van der Waals surface area contributed by atoms with Crippen LogP contribution < -0.4 is 10.6 Å². The number of hydrogen-bond acceptors (Lipinski definition) is 6. The molecule has 0 radical (unpaired) electrons. The van der Waals surface area contributed by atoms with Crippen LogP contribution in [0.15, 0.2) is 6.07 Å². The average Bonchev–Trinajstić information content (AvgIpc) is 2.81. The molecule has 0 amide bonds. The van der Waals surface area contributed by atoms with Gasteiger partial charge in [0.05, 0.1) is 23.5 Å². The van der Waals surface area contributed by atoms with Gasteiger partial charge in [0.2, 0.25) is 0 Å². The summed E-state index contributed by atoms with van der Waals surface area (Å²) in [5.41, 5.74) is 5.29. The lowest BCUT2D eigenvalue weighted by Crippen LogP contribution is -2.37. The van der Waals surface area contributed by atoms with Crippen LogP contribution in [-0.2, 0) is 4.74 Å². The van der Waals surface area contributed by atoms with Gasteiger partial charge in [0.15, 0.2) is 17.3 Å². The first-order valence-corrected chi connectivity index (χ1v) is 6.02. The maximum atomic E-state index is 14.6. The Balaban J connectivity index is 2.24. The smallest absolute Gasteiger partial charge is 0.296 e. The summed E-state index contributed by atoms with van der Waals surface area (Å²) in [5.74, 6) is -0.671. The van der Waals surface area contributed by atoms with E-state index in [1.54, 1.807) is 4.90 Å². The average molecular weight is 281 g/mol. The number of hydrogen-bond donors (Lipinski definition) is 2. The minimum absolute atomic E-state index is 0.0375. The van der Waals surface area contributed by atoms with E-state index in [1.165, 1.54) is 6.07 Å². The number of morpholine rings is 1. The number of nitrogens with zero attached hydrogens (tertiary/aromatic N) is 3. The maximum absolute atomic E-state index is 14.6. The Morgan fingerprint density at radius 2 is 2.20 bits per heavy atom. The van der Waals surface area contributed by atoms with Crippen molar-refractivity contribution < 1.29 is 14.1 Å². The van der Waals surface area contributed by atoms with E-state index in [-0.39, 0.29) is 28.1 Å². The van der Waals surface area contributed by atoms with Crippen molar-refractivity contribution in [2.45, 2.75) is 0 Å². The Morgan fingerprint density at radius 1 is 1.50 bits per heavy atom. The number of aromatic amines is 1. The number of fused-ring (bicyclic) bond motifs is 1. The number of rotatable bonds is 2. The van der Waals surface area contributed by atoms with Gasteiger partial charge >= 0.3 is 0 Å². The summed E-state index contributed by atoms with van der Waals surface area (Å²) in [6, 6.07) is 1.25. The monoisotopic (exact) mass is 281 g/mol. The van der Waals surface area contributed by atoms with E-state index in [4.69, 9.17) is 10.5 Å². The number of halogens is 1. The standard InChI is InChI=1S/C11H12FN5O3/c12-8-9-6(11(13)15-14-9)5-7(17(18)19)10(8)16-1-3-20-4-2-16/h5H,1-4H2,(H3,13,14,15). The molecule has 1 aliphatic rings. The number of nitrogens with two attached hydrogens (primary N) is 1. The SMILES string of the molecule is Nc1n[nH]c2c(F)c(N3CCOCC3)c([N+](=O)[O-])cc12. The minimum atomic E-state index is -0.708. The first-order chi connectivity index (χ1) is 9.59. The van der Waals surface area contributed by atoms with Crippen LogP contribution in [0, 0.1) is 15.9 Å². The van der Waals surface area contributed by atoms with Gasteiger partial charge in [0, 0.05) is 19.2 Å². The Morgan fingerprint density at radius 3 is 2.85 bits per heavy atom. The van der Waals surface area contributed by atoms with E-state index in [9.17, 15) is 14.5 Å². The maximum Gasteiger partial charge on any atom is 0.296 e. The van der Waals surface area contributed by atoms with Crippen LogP contribution in [0.2, 0.25) is 0 Å². The van der Waals surface area contributed by atoms with Crippen molar-refractivity contribution in [1.82, 2.24) is 10.2 Å². The van der Waals surface area contributed by atoms with Crippen LogP contribution in [0.3, 0.4) is 0 Å². The van der Waals surface area contributed by atoms with Crippen molar-refractivity contribution in [1.29, 1.82) is 0 Å². The quantitative estimate of drug-likeness (QED) is 0.628. The second-order valence-electron chi connectivity index (χ2n) is 4.45. The van der Waals surface area contributed by atoms with Crippen molar-refractivity contribution in [3.63, 3.8) is 0 Å². The highest BCUT2D eigenvalue weighted by molar-refractivity contribution is 5.95. The molecule has 0 atom stereocenters. The summed E-state index contributed by atoms with van der Waals surface area (Å²) in [7, 11) is 0. The van der Waals surface area contributed by atoms with E-state index in [0.29, 0.717) is 26.3 Å². The summed E-state index contributed by atoms with van der Waals surface area (Å²) in [4.78, 5) is 12.2. The molecule has 1 fully saturated rings. The van der Waals surface area contributed by atoms with Gasteiger partial charge in [-0.25, -0.2) is 4.39 Å². The van der Waals surface area contributed by atoms with E-state index < -0.39 is 10.7 Å². The number of nitrogen functional groups attached to an aromatic ring is 1. The Hall–Kier alpha value is -2.42. The number of ether oxygens (including phenoxy) is 1. The third-order valence-corrected chi connectivity index (χ3v) is 3.31. The minimum Gasteiger partial charge on any atom is -0.382 e. The van der Waals surface area contributed by atoms with Gasteiger partial charge in [-0.3, -0.25) is 15.2 Å². The number of benzene rings is 1. The lowest BCUT2D eigenvalue weighted by Gasteiger charge is -2.28. The molecule has 0 bridgehead atoms. The summed E-state index contributed by atoms with van der Waals surface area (Å²) in [6.07, 6.45) is 0. The lowest BCUT2D eigenvalue weighted by molar-refractivity contribution is -0.384. The van der Waals surface area contributed by atoms with Crippen molar-refractivity contribution in [3.05, 3.63) is 22.0 Å². The molecule has 1 aromatic carbocycles. The van der Waals surface area contributed by atoms with Gasteiger partial charge in [-0.05, 0) is 0 Å². The van der Waals surface area contributed by atoms with E-state index >= 15 is 0 Å². The molecule has 0 aliphatic carbocycles. The normalized spacial score (nSPS) is 15.8. The predicted octanol–water partition coefficient (Wildman–Crippen LogP) is 1.03. The molecule has 3 N–H and O–H groups in total. The van der Waals surface area contributed by atoms with E-state index in [0.717, 1.165) is 0 Å². The second-order valence-corrected chi connectivity index (χ2v) is 4.45. The number of H-pyrrole nitrogens is 1. The highest BCUT2D eigenvalue weighted by atomic mass is 19.1. The van der Waals surface area contributed by atoms with E-state index in [2.05, 4.69) is 10.2 Å². The van der Waals surface area contributed by atoms with Gasteiger partial charge < -0.3 is 15.4 Å². The molecular formula is C11H12FN5O3. The highest BCUT2D eigenvalue weighted by Gasteiger charge is 2.29. The zero-order valence-corrected chi connectivity index (χ0v) is 10.4. The molecule has 3 rings (SSSR count). The molecule has 1 aliphatic heterocycles. The van der Waals surface area contributed by atoms with Gasteiger partial charge in [0.1, 0.15) is 5.52 Å². The van der Waals surface area contributed by atoms with E-state index in [1.807, 2.05) is 0 Å². The first-order valence-electron chi connectivity index (χ1n) is 6.02. The summed E-state index contributed by atoms with van der Waals surface area (Å²) in [6.45, 7) is 1.60. The fourth-order valence-electron chi connectivity index (χ4n) is 2.34. The van der Waals surface area contributed by atoms with Crippen LogP contribution in [0.25, 0.3) is 10.9 Å². The Labute approximate surface area is 112 Å². The van der Waals surface area contributed by atoms with Crippen LogP contribution in [0.4, 0.5) is 21.6 Å². The summed E-state index contributed by atoms with van der Waals surface area (Å²) < 4.78 is 19.8. The number of nitro benzene ring substituents is 1. The van der Waals surface area contributed by atoms with Crippen LogP contribution in [0.5, 0.6) is 0 Å². The number of nitrogens with one attached hydrogen (secondary N) is 1. The zero-order valence-electron chi connectivity index (χ0n) is 10.4. The van der Waals surface area contributed by atoms with Crippen LogP contribution >= 0.6 is 0 Å². The van der Waals surface area contributed by atoms with Gasteiger partial charge in [-0.1, -0.05) is 0 Å². The topological polar surface area (TPSA) is 110 Å². The number of aromatic nitrogens is 2. The first kappa shape index (κ1) is 12.6. The van der Waals surface area contributed by atoms with Gasteiger partial charge in [-0.2, -0.15) is 5.10 Å². The third kappa shape index (κ3) is 1.83. The van der Waals surface area contributed by atoms with Crippen LogP contribution in [-0.4, -0.2) is 41.4 Å². The number of nitro groups is 1. The summed E-state index contributed by atoms with van der Waals surface area (Å²) in [5, 5.41) is 17.6. The molecule has 0 unspecified atom stereocenters. The largest absolute Gasteiger partial charge is 0.382 e. The highest BCUT2D eigenvalue weighted by Crippen LogP contribution is 2.37. The third-order valence-electron chi connectivity index (χ3n) is 3.31. The number of anilines is 2. The fourth-order valence-corrected chi connectivity index (χ4v) is 2.34. The van der Waals surface area contributed by atoms with Crippen molar-refractivity contribution in [2.24, 2.45) is 0 Å².